The molecule has 0 aromatic heterocycles. The van der Waals surface area contributed by atoms with Crippen molar-refractivity contribution in [2.75, 3.05) is 13.2 Å². The molecule has 1 aromatic rings. The van der Waals surface area contributed by atoms with Crippen molar-refractivity contribution in [3.63, 3.8) is 0 Å². The normalized spacial score (nSPS) is 19.7. The first-order valence-corrected chi connectivity index (χ1v) is 5.76. The van der Waals surface area contributed by atoms with E-state index >= 15 is 0 Å². The molecular weight excluding hydrogens is 244 g/mol. The summed E-state index contributed by atoms with van der Waals surface area (Å²) in [6.45, 7) is 3.45. The number of benzene rings is 1. The minimum Gasteiger partial charge on any atom is -0.494 e. The Balaban J connectivity index is 2.29. The summed E-state index contributed by atoms with van der Waals surface area (Å²) < 4.78 is 11.0. The monoisotopic (exact) mass is 256 g/mol. The topological polar surface area (TPSA) is 18.5 Å². The molecule has 2 rings (SSSR count). The zero-order valence-corrected chi connectivity index (χ0v) is 9.71. The molecule has 3 heteroatoms. The first kappa shape index (κ1) is 9.84. The van der Waals surface area contributed by atoms with E-state index in [1.54, 1.807) is 0 Å². The second-order valence-electron chi connectivity index (χ2n) is 3.24. The van der Waals surface area contributed by atoms with Crippen LogP contribution in [0.15, 0.2) is 18.2 Å². The van der Waals surface area contributed by atoms with E-state index in [0.29, 0.717) is 11.4 Å². The summed E-state index contributed by atoms with van der Waals surface area (Å²) in [6, 6.07) is 6.02. The highest BCUT2D eigenvalue weighted by Gasteiger charge is 2.19. The van der Waals surface area contributed by atoms with Crippen LogP contribution in [0.4, 0.5) is 0 Å². The fraction of sp³-hybridized carbons (Fsp3) is 0.455. The lowest BCUT2D eigenvalue weighted by atomic mass is 10.1. The second kappa shape index (κ2) is 4.22. The zero-order chi connectivity index (χ0) is 9.97. The van der Waals surface area contributed by atoms with E-state index in [4.69, 9.17) is 9.47 Å². The zero-order valence-electron chi connectivity index (χ0n) is 8.13. The summed E-state index contributed by atoms with van der Waals surface area (Å²) in [7, 11) is 0. The van der Waals surface area contributed by atoms with Crippen LogP contribution in [0.1, 0.15) is 23.7 Å². The fourth-order valence-corrected chi connectivity index (χ4v) is 2.15. The molecule has 0 bridgehead atoms. The van der Waals surface area contributed by atoms with Gasteiger partial charge in [-0.3, -0.25) is 0 Å². The van der Waals surface area contributed by atoms with Gasteiger partial charge in [-0.25, -0.2) is 0 Å². The maximum atomic E-state index is 5.57. The molecule has 14 heavy (non-hydrogen) atoms. The smallest absolute Gasteiger partial charge is 0.127 e. The Kier molecular flexibility index (Phi) is 2.96. The predicted molar refractivity (Wildman–Crippen MR) is 59.4 cm³/mol. The average Bonchev–Trinajstić information content (AvgIpc) is 2.18. The largest absolute Gasteiger partial charge is 0.494 e. The third-order valence-corrected chi connectivity index (χ3v) is 3.21. The van der Waals surface area contributed by atoms with E-state index in [-0.39, 0.29) is 0 Å². The van der Waals surface area contributed by atoms with Crippen molar-refractivity contribution in [3.8, 4) is 11.5 Å². The van der Waals surface area contributed by atoms with E-state index in [1.807, 2.05) is 19.1 Å². The first-order chi connectivity index (χ1) is 6.81. The van der Waals surface area contributed by atoms with Crippen molar-refractivity contribution in [1.82, 2.24) is 0 Å². The molecule has 1 aromatic carbocycles. The molecule has 76 valence electrons. The average molecular weight is 257 g/mol. The van der Waals surface area contributed by atoms with E-state index in [2.05, 4.69) is 22.0 Å². The van der Waals surface area contributed by atoms with Crippen LogP contribution in [0, 0.1) is 0 Å². The van der Waals surface area contributed by atoms with Gasteiger partial charge in [0.25, 0.3) is 0 Å². The molecule has 0 fully saturated rings. The van der Waals surface area contributed by atoms with Crippen molar-refractivity contribution in [2.24, 2.45) is 0 Å². The van der Waals surface area contributed by atoms with Gasteiger partial charge in [-0.15, -0.1) is 0 Å². The minimum absolute atomic E-state index is 0.418. The van der Waals surface area contributed by atoms with Crippen LogP contribution in [0.2, 0.25) is 0 Å². The SMILES string of the molecule is CCOc1ccc2c(c1)OCCC2Br. The predicted octanol–water partition coefficient (Wildman–Crippen LogP) is 3.30. The molecule has 0 saturated carbocycles. The van der Waals surface area contributed by atoms with Crippen molar-refractivity contribution >= 4 is 15.9 Å². The number of ether oxygens (including phenoxy) is 2. The van der Waals surface area contributed by atoms with Gasteiger partial charge in [0.2, 0.25) is 0 Å². The van der Waals surface area contributed by atoms with Crippen LogP contribution >= 0.6 is 15.9 Å². The number of halogens is 1. The summed E-state index contributed by atoms with van der Waals surface area (Å²) in [5.74, 6) is 1.83. The molecule has 1 aliphatic heterocycles. The highest BCUT2D eigenvalue weighted by molar-refractivity contribution is 9.09. The number of alkyl halides is 1. The van der Waals surface area contributed by atoms with Gasteiger partial charge in [0.15, 0.2) is 0 Å². The van der Waals surface area contributed by atoms with E-state index in [0.717, 1.165) is 24.5 Å². The Morgan fingerprint density at radius 3 is 3.21 bits per heavy atom. The maximum Gasteiger partial charge on any atom is 0.127 e. The molecule has 0 amide bonds. The summed E-state index contributed by atoms with van der Waals surface area (Å²) in [5, 5.41) is 0. The van der Waals surface area contributed by atoms with Crippen molar-refractivity contribution in [3.05, 3.63) is 23.8 Å². The Bertz CT molecular complexity index is 325. The molecule has 1 atom stereocenters. The highest BCUT2D eigenvalue weighted by Crippen LogP contribution is 2.39. The first-order valence-electron chi connectivity index (χ1n) is 4.85. The molecule has 0 radical (unpaired) electrons. The number of rotatable bonds is 2. The third kappa shape index (κ3) is 1.87. The van der Waals surface area contributed by atoms with Crippen LogP contribution in [0.5, 0.6) is 11.5 Å². The maximum absolute atomic E-state index is 5.57. The lowest BCUT2D eigenvalue weighted by Gasteiger charge is -2.22. The molecule has 1 aliphatic rings. The lowest BCUT2D eigenvalue weighted by Crippen LogP contribution is -2.10. The molecular formula is C11H13BrO2. The van der Waals surface area contributed by atoms with Crippen molar-refractivity contribution < 1.29 is 9.47 Å². The molecule has 2 nitrogen and oxygen atoms in total. The summed E-state index contributed by atoms with van der Waals surface area (Å²) in [6.07, 6.45) is 1.03. The van der Waals surface area contributed by atoms with E-state index in [9.17, 15) is 0 Å². The van der Waals surface area contributed by atoms with Crippen LogP contribution in [0.25, 0.3) is 0 Å². The van der Waals surface area contributed by atoms with Gasteiger partial charge in [0.1, 0.15) is 11.5 Å². The second-order valence-corrected chi connectivity index (χ2v) is 4.34. The Morgan fingerprint density at radius 2 is 2.43 bits per heavy atom. The van der Waals surface area contributed by atoms with Crippen LogP contribution in [0.3, 0.4) is 0 Å². The van der Waals surface area contributed by atoms with Gasteiger partial charge in [-0.05, 0) is 19.4 Å². The van der Waals surface area contributed by atoms with Gasteiger partial charge in [-0.2, -0.15) is 0 Å². The molecule has 0 N–H and O–H groups in total. The fourth-order valence-electron chi connectivity index (χ4n) is 1.58. The molecule has 1 heterocycles. The van der Waals surface area contributed by atoms with Gasteiger partial charge in [0, 0.05) is 16.5 Å². The van der Waals surface area contributed by atoms with Crippen LogP contribution < -0.4 is 9.47 Å². The minimum atomic E-state index is 0.418. The standard InChI is InChI=1S/C11H13BrO2/c1-2-13-8-3-4-9-10(12)5-6-14-11(9)7-8/h3-4,7,10H,2,5-6H2,1H3. The van der Waals surface area contributed by atoms with Gasteiger partial charge in [-0.1, -0.05) is 22.0 Å². The van der Waals surface area contributed by atoms with Crippen molar-refractivity contribution in [1.29, 1.82) is 0 Å². The Hall–Kier alpha value is -0.700. The molecule has 1 unspecified atom stereocenters. The van der Waals surface area contributed by atoms with E-state index < -0.39 is 0 Å². The van der Waals surface area contributed by atoms with Crippen LogP contribution in [-0.4, -0.2) is 13.2 Å². The summed E-state index contributed by atoms with van der Waals surface area (Å²) in [5.41, 5.74) is 1.22. The Morgan fingerprint density at radius 1 is 1.57 bits per heavy atom. The Labute approximate surface area is 92.3 Å². The van der Waals surface area contributed by atoms with Gasteiger partial charge >= 0.3 is 0 Å². The van der Waals surface area contributed by atoms with Gasteiger partial charge < -0.3 is 9.47 Å². The number of hydrogen-bond donors (Lipinski definition) is 0. The summed E-state index contributed by atoms with van der Waals surface area (Å²) in [4.78, 5) is 0.418. The molecule has 0 aliphatic carbocycles. The number of fused-ring (bicyclic) bond motifs is 1. The third-order valence-electron chi connectivity index (χ3n) is 2.26. The summed E-state index contributed by atoms with van der Waals surface area (Å²) >= 11 is 3.63. The quantitative estimate of drug-likeness (QED) is 0.757. The van der Waals surface area contributed by atoms with E-state index in [1.165, 1.54) is 5.56 Å². The molecule has 0 spiro atoms. The highest BCUT2D eigenvalue weighted by atomic mass is 79.9. The van der Waals surface area contributed by atoms with Crippen LogP contribution in [-0.2, 0) is 0 Å². The van der Waals surface area contributed by atoms with Gasteiger partial charge in [0.05, 0.1) is 13.2 Å². The van der Waals surface area contributed by atoms with Crippen molar-refractivity contribution in [2.45, 2.75) is 18.2 Å². The number of hydrogen-bond acceptors (Lipinski definition) is 2. The molecule has 0 saturated heterocycles. The lowest BCUT2D eigenvalue weighted by molar-refractivity contribution is 0.282.